The zero-order valence-electron chi connectivity index (χ0n) is 4.87. The molecule has 1 unspecified atom stereocenters. The molecule has 0 aliphatic heterocycles. The fraction of sp³-hybridized carbons (Fsp3) is 0.333. The lowest BCUT2D eigenvalue weighted by Gasteiger charge is -2.08. The van der Waals surface area contributed by atoms with Gasteiger partial charge in [0, 0.05) is 6.42 Å². The molecule has 0 aromatic rings. The molecule has 0 N–H and O–H groups in total. The Morgan fingerprint density at radius 2 is 1.90 bits per heavy atom. The molecular formula is C6H4F4. The van der Waals surface area contributed by atoms with E-state index in [1.165, 1.54) is 0 Å². The van der Waals surface area contributed by atoms with Gasteiger partial charge in [-0.3, -0.25) is 0 Å². The second-order valence-electron chi connectivity index (χ2n) is 1.91. The summed E-state index contributed by atoms with van der Waals surface area (Å²) in [5.41, 5.74) is 0. The number of alkyl halides is 1. The summed E-state index contributed by atoms with van der Waals surface area (Å²) < 4.78 is 48.3. The lowest BCUT2D eigenvalue weighted by atomic mass is 10.1. The normalized spacial score (nSPS) is 26.8. The van der Waals surface area contributed by atoms with Crippen LogP contribution in [0.2, 0.25) is 0 Å². The first-order chi connectivity index (χ1) is 4.63. The van der Waals surface area contributed by atoms with E-state index in [9.17, 15) is 17.6 Å². The fourth-order valence-electron chi connectivity index (χ4n) is 0.647. The first-order valence-electron chi connectivity index (χ1n) is 2.66. The molecule has 0 fully saturated rings. The van der Waals surface area contributed by atoms with Gasteiger partial charge in [0.15, 0.2) is 5.83 Å². The summed E-state index contributed by atoms with van der Waals surface area (Å²) in [5.74, 6) is -4.12. The summed E-state index contributed by atoms with van der Waals surface area (Å²) in [4.78, 5) is 0. The van der Waals surface area contributed by atoms with Crippen LogP contribution in [0.4, 0.5) is 17.6 Å². The fourth-order valence-corrected chi connectivity index (χ4v) is 0.647. The van der Waals surface area contributed by atoms with Crippen molar-refractivity contribution in [2.24, 2.45) is 0 Å². The van der Waals surface area contributed by atoms with Gasteiger partial charge in [0.2, 0.25) is 6.17 Å². The highest BCUT2D eigenvalue weighted by Crippen LogP contribution is 2.29. The molecular weight excluding hydrogens is 148 g/mol. The molecule has 1 aliphatic carbocycles. The number of hydrogen-bond donors (Lipinski definition) is 0. The van der Waals surface area contributed by atoms with Gasteiger partial charge in [-0.05, 0) is 6.08 Å². The molecule has 4 heteroatoms. The average molecular weight is 152 g/mol. The smallest absolute Gasteiger partial charge is 0.205 e. The molecule has 0 saturated heterocycles. The third-order valence-corrected chi connectivity index (χ3v) is 1.20. The van der Waals surface area contributed by atoms with Gasteiger partial charge in [0.25, 0.3) is 0 Å². The van der Waals surface area contributed by atoms with Crippen molar-refractivity contribution in [3.8, 4) is 0 Å². The SMILES string of the molecule is FC1=CCC(F)=C(F)C1F. The van der Waals surface area contributed by atoms with E-state index in [4.69, 9.17) is 0 Å². The Morgan fingerprint density at radius 3 is 2.40 bits per heavy atom. The average Bonchev–Trinajstić information content (AvgIpc) is 1.93. The van der Waals surface area contributed by atoms with Crippen LogP contribution in [0.5, 0.6) is 0 Å². The second kappa shape index (κ2) is 2.44. The van der Waals surface area contributed by atoms with Crippen molar-refractivity contribution >= 4 is 0 Å². The van der Waals surface area contributed by atoms with Crippen LogP contribution >= 0.6 is 0 Å². The Balaban J connectivity index is 2.86. The van der Waals surface area contributed by atoms with Crippen molar-refractivity contribution in [3.05, 3.63) is 23.6 Å². The molecule has 0 aromatic heterocycles. The lowest BCUT2D eigenvalue weighted by Crippen LogP contribution is -2.07. The Kier molecular flexibility index (Phi) is 1.78. The van der Waals surface area contributed by atoms with Crippen molar-refractivity contribution in [2.45, 2.75) is 12.6 Å². The monoisotopic (exact) mass is 152 g/mol. The predicted molar refractivity (Wildman–Crippen MR) is 27.9 cm³/mol. The molecule has 0 heterocycles. The van der Waals surface area contributed by atoms with Crippen LogP contribution in [-0.4, -0.2) is 6.17 Å². The number of halogens is 4. The topological polar surface area (TPSA) is 0 Å². The molecule has 1 atom stereocenters. The van der Waals surface area contributed by atoms with Crippen LogP contribution in [0.25, 0.3) is 0 Å². The molecule has 0 radical (unpaired) electrons. The van der Waals surface area contributed by atoms with Crippen LogP contribution < -0.4 is 0 Å². The molecule has 1 rings (SSSR count). The summed E-state index contributed by atoms with van der Waals surface area (Å²) in [6, 6.07) is 0. The standard InChI is InChI=1S/C6H4F4/c7-3-1-2-4(8)6(10)5(3)9/h1,5H,2H2. The van der Waals surface area contributed by atoms with E-state index in [0.717, 1.165) is 0 Å². The molecule has 0 bridgehead atoms. The van der Waals surface area contributed by atoms with Gasteiger partial charge < -0.3 is 0 Å². The van der Waals surface area contributed by atoms with Crippen LogP contribution in [0.1, 0.15) is 6.42 Å². The first kappa shape index (κ1) is 7.31. The molecule has 1 aliphatic rings. The molecule has 0 spiro atoms. The van der Waals surface area contributed by atoms with Gasteiger partial charge in [-0.2, -0.15) is 0 Å². The van der Waals surface area contributed by atoms with Crippen molar-refractivity contribution < 1.29 is 17.6 Å². The maximum atomic E-state index is 12.1. The zero-order chi connectivity index (χ0) is 7.72. The summed E-state index contributed by atoms with van der Waals surface area (Å²) in [6.45, 7) is 0. The van der Waals surface area contributed by atoms with E-state index in [1.54, 1.807) is 0 Å². The van der Waals surface area contributed by atoms with E-state index in [-0.39, 0.29) is 0 Å². The van der Waals surface area contributed by atoms with E-state index in [1.807, 2.05) is 0 Å². The van der Waals surface area contributed by atoms with Crippen LogP contribution in [-0.2, 0) is 0 Å². The minimum atomic E-state index is -2.52. The third-order valence-electron chi connectivity index (χ3n) is 1.20. The maximum absolute atomic E-state index is 12.1. The predicted octanol–water partition coefficient (Wildman–Crippen LogP) is 2.73. The molecule has 0 saturated carbocycles. The molecule has 0 aromatic carbocycles. The molecule has 0 nitrogen and oxygen atoms in total. The second-order valence-corrected chi connectivity index (χ2v) is 1.91. The Morgan fingerprint density at radius 1 is 1.30 bits per heavy atom. The molecule has 10 heavy (non-hydrogen) atoms. The highest BCUT2D eigenvalue weighted by atomic mass is 19.2. The largest absolute Gasteiger partial charge is 0.232 e. The minimum Gasteiger partial charge on any atom is -0.232 e. The quantitative estimate of drug-likeness (QED) is 0.468. The van der Waals surface area contributed by atoms with Gasteiger partial charge >= 0.3 is 0 Å². The number of hydrogen-bond acceptors (Lipinski definition) is 0. The highest BCUT2D eigenvalue weighted by Gasteiger charge is 2.26. The first-order valence-corrected chi connectivity index (χ1v) is 2.66. The van der Waals surface area contributed by atoms with E-state index in [2.05, 4.69) is 0 Å². The van der Waals surface area contributed by atoms with Crippen molar-refractivity contribution in [1.82, 2.24) is 0 Å². The highest BCUT2D eigenvalue weighted by molar-refractivity contribution is 5.23. The lowest BCUT2D eigenvalue weighted by molar-refractivity contribution is 0.296. The van der Waals surface area contributed by atoms with E-state index >= 15 is 0 Å². The van der Waals surface area contributed by atoms with Crippen LogP contribution in [0, 0.1) is 0 Å². The van der Waals surface area contributed by atoms with Crippen molar-refractivity contribution in [3.63, 3.8) is 0 Å². The number of rotatable bonds is 0. The van der Waals surface area contributed by atoms with Gasteiger partial charge in [0.1, 0.15) is 11.7 Å². The van der Waals surface area contributed by atoms with Crippen molar-refractivity contribution in [1.29, 1.82) is 0 Å². The zero-order valence-corrected chi connectivity index (χ0v) is 4.87. The van der Waals surface area contributed by atoms with E-state index < -0.39 is 30.1 Å². The Bertz CT molecular complexity index is 204. The summed E-state index contributed by atoms with van der Waals surface area (Å²) in [6.07, 6.45) is -2.32. The minimum absolute atomic E-state index is 0.488. The van der Waals surface area contributed by atoms with Crippen LogP contribution in [0.15, 0.2) is 23.6 Å². The van der Waals surface area contributed by atoms with Gasteiger partial charge in [-0.25, -0.2) is 17.6 Å². The summed E-state index contributed by atoms with van der Waals surface area (Å²) >= 11 is 0. The Hall–Kier alpha value is -0.800. The van der Waals surface area contributed by atoms with E-state index in [0.29, 0.717) is 6.08 Å². The molecule has 56 valence electrons. The van der Waals surface area contributed by atoms with Crippen molar-refractivity contribution in [2.75, 3.05) is 0 Å². The van der Waals surface area contributed by atoms with Gasteiger partial charge in [-0.15, -0.1) is 0 Å². The molecule has 0 amide bonds. The van der Waals surface area contributed by atoms with Gasteiger partial charge in [0.05, 0.1) is 0 Å². The Labute approximate surface area is 54.8 Å². The maximum Gasteiger partial charge on any atom is 0.205 e. The van der Waals surface area contributed by atoms with Crippen LogP contribution in [0.3, 0.4) is 0 Å². The summed E-state index contributed by atoms with van der Waals surface area (Å²) in [5, 5.41) is 0. The number of allylic oxidation sites excluding steroid dienone is 4. The van der Waals surface area contributed by atoms with Gasteiger partial charge in [-0.1, -0.05) is 0 Å². The third kappa shape index (κ3) is 1.05. The summed E-state index contributed by atoms with van der Waals surface area (Å²) in [7, 11) is 0.